The normalized spacial score (nSPS) is 16.4. The number of carbonyl (C=O) groups is 2. The molecule has 0 aliphatic carbocycles. The van der Waals surface area contributed by atoms with Crippen molar-refractivity contribution >= 4 is 11.8 Å². The number of hydrogen-bond donors (Lipinski definition) is 1. The number of nitrogens with zero attached hydrogens (tertiary/aromatic N) is 2. The van der Waals surface area contributed by atoms with Gasteiger partial charge in [0.2, 0.25) is 11.8 Å². The Bertz CT molecular complexity index is 617. The van der Waals surface area contributed by atoms with Crippen LogP contribution < -0.4 is 5.32 Å². The first-order chi connectivity index (χ1) is 12.2. The van der Waals surface area contributed by atoms with Crippen LogP contribution in [0.4, 0.5) is 0 Å². The zero-order valence-corrected chi connectivity index (χ0v) is 16.8. The Morgan fingerprint density at radius 1 is 1.00 bits per heavy atom. The Kier molecular flexibility index (Phi) is 6.45. The van der Waals surface area contributed by atoms with Gasteiger partial charge >= 0.3 is 0 Å². The minimum Gasteiger partial charge on any atom is -0.350 e. The van der Waals surface area contributed by atoms with Gasteiger partial charge in [0.25, 0.3) is 0 Å². The highest BCUT2D eigenvalue weighted by Gasteiger charge is 2.35. The lowest BCUT2D eigenvalue weighted by Gasteiger charge is -2.39. The number of benzene rings is 1. The highest BCUT2D eigenvalue weighted by Crippen LogP contribution is 2.26. The van der Waals surface area contributed by atoms with Crippen molar-refractivity contribution in [2.75, 3.05) is 32.7 Å². The quantitative estimate of drug-likeness (QED) is 0.849. The van der Waals surface area contributed by atoms with Crippen LogP contribution >= 0.6 is 0 Å². The third kappa shape index (κ3) is 5.07. The van der Waals surface area contributed by atoms with Crippen molar-refractivity contribution in [3.8, 4) is 0 Å². The minimum absolute atomic E-state index is 0.0567. The van der Waals surface area contributed by atoms with E-state index in [1.54, 1.807) is 0 Å². The van der Waals surface area contributed by atoms with Gasteiger partial charge in [0, 0.05) is 31.7 Å². The van der Waals surface area contributed by atoms with Gasteiger partial charge < -0.3 is 10.2 Å². The number of nitrogens with one attached hydrogen (secondary N) is 1. The average molecular weight is 360 g/mol. The number of amides is 2. The molecule has 2 amide bonds. The van der Waals surface area contributed by atoms with E-state index in [-0.39, 0.29) is 17.4 Å². The average Bonchev–Trinajstić information content (AvgIpc) is 2.62. The molecule has 2 rings (SSSR count). The van der Waals surface area contributed by atoms with Crippen LogP contribution in [-0.2, 0) is 15.0 Å². The van der Waals surface area contributed by atoms with Crippen molar-refractivity contribution in [2.45, 2.75) is 52.0 Å². The van der Waals surface area contributed by atoms with E-state index in [0.29, 0.717) is 19.6 Å². The number of carbonyl (C=O) groups excluding carboxylic acids is 2. The fourth-order valence-electron chi connectivity index (χ4n) is 3.19. The van der Waals surface area contributed by atoms with Gasteiger partial charge in [-0.15, -0.1) is 0 Å². The second-order valence-corrected chi connectivity index (χ2v) is 8.34. The van der Waals surface area contributed by atoms with Crippen molar-refractivity contribution in [3.05, 3.63) is 35.9 Å². The van der Waals surface area contributed by atoms with E-state index in [1.165, 1.54) is 0 Å². The van der Waals surface area contributed by atoms with E-state index in [0.717, 1.165) is 25.1 Å². The van der Waals surface area contributed by atoms with E-state index in [9.17, 15) is 9.59 Å². The maximum Gasteiger partial charge on any atom is 0.234 e. The summed E-state index contributed by atoms with van der Waals surface area (Å²) < 4.78 is 0. The van der Waals surface area contributed by atoms with Gasteiger partial charge in [-0.05, 0) is 39.7 Å². The van der Waals surface area contributed by atoms with Crippen molar-refractivity contribution in [1.29, 1.82) is 0 Å². The molecule has 0 saturated carbocycles. The van der Waals surface area contributed by atoms with E-state index >= 15 is 0 Å². The molecule has 5 nitrogen and oxygen atoms in total. The number of piperazine rings is 1. The Morgan fingerprint density at radius 3 is 2.12 bits per heavy atom. The predicted octanol–water partition coefficient (Wildman–Crippen LogP) is 2.41. The first-order valence-corrected chi connectivity index (χ1v) is 9.54. The second-order valence-electron chi connectivity index (χ2n) is 8.34. The lowest BCUT2D eigenvalue weighted by Crippen LogP contribution is -2.55. The van der Waals surface area contributed by atoms with Gasteiger partial charge in [-0.1, -0.05) is 37.3 Å². The summed E-state index contributed by atoms with van der Waals surface area (Å²) in [5.74, 6) is 0.209. The smallest absolute Gasteiger partial charge is 0.234 e. The third-order valence-corrected chi connectivity index (χ3v) is 5.42. The molecule has 1 saturated heterocycles. The Hall–Kier alpha value is -1.88. The molecule has 1 aliphatic rings. The molecule has 1 heterocycles. The van der Waals surface area contributed by atoms with Crippen LogP contribution in [0.2, 0.25) is 0 Å². The zero-order chi connectivity index (χ0) is 19.4. The standard InChI is InChI=1S/C21H33N3O2/c1-6-20(2,3)22-18(25)16-23-12-14-24(15-13-23)19(26)21(4,5)17-10-8-7-9-11-17/h7-11H,6,12-16H2,1-5H3,(H,22,25). The molecule has 0 spiro atoms. The Morgan fingerprint density at radius 2 is 1.58 bits per heavy atom. The maximum absolute atomic E-state index is 13.0. The van der Waals surface area contributed by atoms with Gasteiger partial charge in [0.05, 0.1) is 12.0 Å². The van der Waals surface area contributed by atoms with Crippen molar-refractivity contribution in [2.24, 2.45) is 0 Å². The highest BCUT2D eigenvalue weighted by molar-refractivity contribution is 5.87. The SMILES string of the molecule is CCC(C)(C)NC(=O)CN1CCN(C(=O)C(C)(C)c2ccccc2)CC1. The summed E-state index contributed by atoms with van der Waals surface area (Å²) in [7, 11) is 0. The molecule has 1 N–H and O–H groups in total. The predicted molar refractivity (Wildman–Crippen MR) is 105 cm³/mol. The molecular weight excluding hydrogens is 326 g/mol. The molecule has 26 heavy (non-hydrogen) atoms. The summed E-state index contributed by atoms with van der Waals surface area (Å²) in [4.78, 5) is 29.3. The molecule has 1 aromatic rings. The maximum atomic E-state index is 13.0. The number of hydrogen-bond acceptors (Lipinski definition) is 3. The summed E-state index contributed by atoms with van der Waals surface area (Å²) in [5, 5.41) is 3.07. The van der Waals surface area contributed by atoms with Crippen LogP contribution in [0.5, 0.6) is 0 Å². The lowest BCUT2D eigenvalue weighted by atomic mass is 9.83. The summed E-state index contributed by atoms with van der Waals surface area (Å²) in [6.07, 6.45) is 0.898. The van der Waals surface area contributed by atoms with Crippen molar-refractivity contribution in [1.82, 2.24) is 15.1 Å². The van der Waals surface area contributed by atoms with Crippen LogP contribution in [0.3, 0.4) is 0 Å². The van der Waals surface area contributed by atoms with Crippen molar-refractivity contribution < 1.29 is 9.59 Å². The zero-order valence-electron chi connectivity index (χ0n) is 16.8. The third-order valence-electron chi connectivity index (χ3n) is 5.42. The van der Waals surface area contributed by atoms with Gasteiger partial charge in [-0.2, -0.15) is 0 Å². The van der Waals surface area contributed by atoms with E-state index in [2.05, 4.69) is 17.1 Å². The Balaban J connectivity index is 1.88. The largest absolute Gasteiger partial charge is 0.350 e. The molecule has 0 bridgehead atoms. The Labute approximate surface area is 157 Å². The highest BCUT2D eigenvalue weighted by atomic mass is 16.2. The molecule has 0 radical (unpaired) electrons. The lowest BCUT2D eigenvalue weighted by molar-refractivity contribution is -0.138. The minimum atomic E-state index is -0.536. The van der Waals surface area contributed by atoms with Crippen LogP contribution in [0, 0.1) is 0 Å². The van der Waals surface area contributed by atoms with E-state index in [4.69, 9.17) is 0 Å². The van der Waals surface area contributed by atoms with E-state index < -0.39 is 5.41 Å². The summed E-state index contributed by atoms with van der Waals surface area (Å²) in [6.45, 7) is 13.3. The molecule has 0 aromatic heterocycles. The van der Waals surface area contributed by atoms with Crippen LogP contribution in [0.25, 0.3) is 0 Å². The molecule has 5 heteroatoms. The molecule has 0 unspecified atom stereocenters. The monoisotopic (exact) mass is 359 g/mol. The van der Waals surface area contributed by atoms with Crippen LogP contribution in [0.15, 0.2) is 30.3 Å². The van der Waals surface area contributed by atoms with Gasteiger partial charge in [-0.3, -0.25) is 14.5 Å². The van der Waals surface area contributed by atoms with Crippen LogP contribution in [0.1, 0.15) is 46.6 Å². The molecule has 1 fully saturated rings. The van der Waals surface area contributed by atoms with Gasteiger partial charge in [-0.25, -0.2) is 0 Å². The summed E-state index contributed by atoms with van der Waals surface area (Å²) in [5.41, 5.74) is 0.328. The number of rotatable bonds is 6. The fraction of sp³-hybridized carbons (Fsp3) is 0.619. The second kappa shape index (κ2) is 8.21. The molecular formula is C21H33N3O2. The molecule has 0 atom stereocenters. The molecule has 1 aliphatic heterocycles. The van der Waals surface area contributed by atoms with Gasteiger partial charge in [0.1, 0.15) is 0 Å². The summed E-state index contributed by atoms with van der Waals surface area (Å²) >= 11 is 0. The first kappa shape index (κ1) is 20.4. The van der Waals surface area contributed by atoms with Crippen LogP contribution in [-0.4, -0.2) is 59.9 Å². The molecule has 1 aromatic carbocycles. The fourth-order valence-corrected chi connectivity index (χ4v) is 3.19. The first-order valence-electron chi connectivity index (χ1n) is 9.54. The molecule has 144 valence electrons. The van der Waals surface area contributed by atoms with Gasteiger partial charge in [0.15, 0.2) is 0 Å². The van der Waals surface area contributed by atoms with Crippen molar-refractivity contribution in [3.63, 3.8) is 0 Å². The topological polar surface area (TPSA) is 52.7 Å². The van der Waals surface area contributed by atoms with E-state index in [1.807, 2.05) is 62.9 Å². The summed E-state index contributed by atoms with van der Waals surface area (Å²) in [6, 6.07) is 9.92.